The molecule has 1 heterocycles. The van der Waals surface area contributed by atoms with E-state index in [4.69, 9.17) is 35.4 Å². The van der Waals surface area contributed by atoms with E-state index in [9.17, 15) is 0 Å². The molecule has 19 heavy (non-hydrogen) atoms. The van der Waals surface area contributed by atoms with E-state index in [1.54, 1.807) is 23.0 Å². The third-order valence-electron chi connectivity index (χ3n) is 2.39. The summed E-state index contributed by atoms with van der Waals surface area (Å²) in [4.78, 5) is 0. The molecule has 1 aromatic carbocycles. The summed E-state index contributed by atoms with van der Waals surface area (Å²) in [6.45, 7) is 0.612. The van der Waals surface area contributed by atoms with Crippen molar-refractivity contribution >= 4 is 46.2 Å². The van der Waals surface area contributed by atoms with Crippen LogP contribution in [0.4, 0.5) is 5.69 Å². The zero-order valence-electron chi connectivity index (χ0n) is 10.2. The average Bonchev–Trinajstić information content (AvgIpc) is 2.77. The smallest absolute Gasteiger partial charge is 0.171 e. The maximum atomic E-state index is 5.93. The largest absolute Gasteiger partial charge is 0.358 e. The molecule has 0 saturated carbocycles. The van der Waals surface area contributed by atoms with Crippen LogP contribution in [0, 0.1) is 0 Å². The Bertz CT molecular complexity index is 597. The van der Waals surface area contributed by atoms with Gasteiger partial charge in [0.05, 0.1) is 16.2 Å². The van der Waals surface area contributed by atoms with Crippen molar-refractivity contribution < 1.29 is 0 Å². The third-order valence-corrected chi connectivity index (χ3v) is 3.37. The highest BCUT2D eigenvalue weighted by Crippen LogP contribution is 2.24. The summed E-state index contributed by atoms with van der Waals surface area (Å²) in [5, 5.41) is 11.7. The molecule has 0 saturated heterocycles. The molecular formula is C12H12Cl2N4S. The number of nitrogens with zero attached hydrogens (tertiary/aromatic N) is 2. The molecule has 4 nitrogen and oxygen atoms in total. The van der Waals surface area contributed by atoms with Crippen molar-refractivity contribution in [2.45, 2.75) is 6.54 Å². The Morgan fingerprint density at radius 2 is 2.16 bits per heavy atom. The Morgan fingerprint density at radius 1 is 1.37 bits per heavy atom. The number of aromatic nitrogens is 2. The first-order valence-electron chi connectivity index (χ1n) is 5.52. The number of benzene rings is 1. The van der Waals surface area contributed by atoms with Gasteiger partial charge < -0.3 is 10.6 Å². The predicted octanol–water partition coefficient (Wildman–Crippen LogP) is 3.21. The molecule has 2 aromatic rings. The molecule has 0 aliphatic carbocycles. The quantitative estimate of drug-likeness (QED) is 0.854. The molecule has 1 aromatic heterocycles. The van der Waals surface area contributed by atoms with Gasteiger partial charge in [0.2, 0.25) is 0 Å². The van der Waals surface area contributed by atoms with E-state index >= 15 is 0 Å². The van der Waals surface area contributed by atoms with Crippen LogP contribution in [0.5, 0.6) is 0 Å². The summed E-state index contributed by atoms with van der Waals surface area (Å²) in [5.41, 5.74) is 1.85. The van der Waals surface area contributed by atoms with Gasteiger partial charge in [-0.3, -0.25) is 4.68 Å². The molecule has 100 valence electrons. The number of rotatable bonds is 3. The molecule has 0 bridgehead atoms. The van der Waals surface area contributed by atoms with Crippen molar-refractivity contribution in [1.82, 2.24) is 15.1 Å². The van der Waals surface area contributed by atoms with Crippen LogP contribution in [-0.4, -0.2) is 14.9 Å². The zero-order chi connectivity index (χ0) is 13.8. The summed E-state index contributed by atoms with van der Waals surface area (Å²) < 4.78 is 1.74. The summed E-state index contributed by atoms with van der Waals surface area (Å²) >= 11 is 17.0. The number of hydrogen-bond donors (Lipinski definition) is 2. The molecule has 2 rings (SSSR count). The minimum absolute atomic E-state index is 0.488. The van der Waals surface area contributed by atoms with Crippen molar-refractivity contribution in [3.8, 4) is 0 Å². The Kier molecular flexibility index (Phi) is 4.63. The molecule has 0 spiro atoms. The maximum Gasteiger partial charge on any atom is 0.171 e. The van der Waals surface area contributed by atoms with E-state index < -0.39 is 0 Å². The molecule has 0 radical (unpaired) electrons. The number of anilines is 1. The molecule has 2 N–H and O–H groups in total. The minimum Gasteiger partial charge on any atom is -0.358 e. The molecule has 7 heteroatoms. The number of hydrogen-bond acceptors (Lipinski definition) is 2. The monoisotopic (exact) mass is 314 g/mol. The van der Waals surface area contributed by atoms with Crippen molar-refractivity contribution in [2.75, 3.05) is 5.32 Å². The van der Waals surface area contributed by atoms with Crippen LogP contribution in [0.15, 0.2) is 30.6 Å². The van der Waals surface area contributed by atoms with Crippen LogP contribution in [0.2, 0.25) is 10.0 Å². The molecule has 0 amide bonds. The van der Waals surface area contributed by atoms with Gasteiger partial charge in [0.1, 0.15) is 0 Å². The first kappa shape index (κ1) is 14.1. The second-order valence-electron chi connectivity index (χ2n) is 3.96. The lowest BCUT2D eigenvalue weighted by Crippen LogP contribution is -2.27. The van der Waals surface area contributed by atoms with E-state index in [0.29, 0.717) is 21.7 Å². The van der Waals surface area contributed by atoms with Gasteiger partial charge in [0, 0.05) is 31.0 Å². The van der Waals surface area contributed by atoms with E-state index in [1.165, 1.54) is 0 Å². The minimum atomic E-state index is 0.488. The van der Waals surface area contributed by atoms with Gasteiger partial charge in [-0.2, -0.15) is 5.10 Å². The fourth-order valence-electron chi connectivity index (χ4n) is 1.49. The van der Waals surface area contributed by atoms with E-state index in [2.05, 4.69) is 15.7 Å². The highest BCUT2D eigenvalue weighted by atomic mass is 35.5. The number of halogens is 2. The molecule has 0 fully saturated rings. The summed E-state index contributed by atoms with van der Waals surface area (Å²) in [7, 11) is 1.87. The van der Waals surface area contributed by atoms with Crippen molar-refractivity contribution in [3.05, 3.63) is 46.2 Å². The fraction of sp³-hybridized carbons (Fsp3) is 0.167. The van der Waals surface area contributed by atoms with Crippen LogP contribution in [0.1, 0.15) is 5.56 Å². The Morgan fingerprint density at radius 3 is 2.79 bits per heavy atom. The van der Waals surface area contributed by atoms with Gasteiger partial charge in [0.25, 0.3) is 0 Å². The van der Waals surface area contributed by atoms with Gasteiger partial charge in [-0.25, -0.2) is 0 Å². The number of nitrogens with one attached hydrogen (secondary N) is 2. The van der Waals surface area contributed by atoms with Crippen LogP contribution < -0.4 is 10.6 Å². The van der Waals surface area contributed by atoms with Crippen molar-refractivity contribution in [1.29, 1.82) is 0 Å². The molecule has 0 aliphatic heterocycles. The lowest BCUT2D eigenvalue weighted by Gasteiger charge is -2.10. The normalized spacial score (nSPS) is 10.3. The fourth-order valence-corrected chi connectivity index (χ4v) is 1.98. The van der Waals surface area contributed by atoms with Crippen molar-refractivity contribution in [3.63, 3.8) is 0 Å². The van der Waals surface area contributed by atoms with Crippen molar-refractivity contribution in [2.24, 2.45) is 7.05 Å². The second-order valence-corrected chi connectivity index (χ2v) is 5.18. The van der Waals surface area contributed by atoms with Crippen LogP contribution >= 0.6 is 35.4 Å². The molecule has 0 unspecified atom stereocenters. The second kappa shape index (κ2) is 6.23. The first-order valence-corrected chi connectivity index (χ1v) is 6.68. The third kappa shape index (κ3) is 4.09. The maximum absolute atomic E-state index is 5.93. The SMILES string of the molecule is Cn1cc(CNC(=S)Nc2ccc(Cl)c(Cl)c2)cn1. The van der Waals surface area contributed by atoms with Gasteiger partial charge in [0.15, 0.2) is 5.11 Å². The standard InChI is InChI=1S/C12H12Cl2N4S/c1-18-7-8(6-16-18)5-15-12(19)17-9-2-3-10(13)11(14)4-9/h2-4,6-7H,5H2,1H3,(H2,15,17,19). The van der Waals surface area contributed by atoms with Gasteiger partial charge in [-0.15, -0.1) is 0 Å². The predicted molar refractivity (Wildman–Crippen MR) is 82.7 cm³/mol. The Hall–Kier alpha value is -1.30. The molecular weight excluding hydrogens is 303 g/mol. The van der Waals surface area contributed by atoms with Gasteiger partial charge in [-0.05, 0) is 30.4 Å². The molecule has 0 aliphatic rings. The van der Waals surface area contributed by atoms with E-state index in [-0.39, 0.29) is 0 Å². The highest BCUT2D eigenvalue weighted by molar-refractivity contribution is 7.80. The molecule has 0 atom stereocenters. The Labute approximate surface area is 126 Å². The summed E-state index contributed by atoms with van der Waals surface area (Å²) in [6.07, 6.45) is 3.71. The summed E-state index contributed by atoms with van der Waals surface area (Å²) in [5.74, 6) is 0. The van der Waals surface area contributed by atoms with Gasteiger partial charge in [-0.1, -0.05) is 23.2 Å². The van der Waals surface area contributed by atoms with Crippen LogP contribution in [0.25, 0.3) is 0 Å². The topological polar surface area (TPSA) is 41.9 Å². The number of aryl methyl sites for hydroxylation is 1. The van der Waals surface area contributed by atoms with E-state index in [0.717, 1.165) is 11.3 Å². The van der Waals surface area contributed by atoms with Crippen LogP contribution in [0.3, 0.4) is 0 Å². The summed E-state index contributed by atoms with van der Waals surface area (Å²) in [6, 6.07) is 5.25. The lowest BCUT2D eigenvalue weighted by atomic mass is 10.3. The first-order chi connectivity index (χ1) is 9.04. The number of thiocarbonyl (C=S) groups is 1. The van der Waals surface area contributed by atoms with Crippen LogP contribution in [-0.2, 0) is 13.6 Å². The zero-order valence-corrected chi connectivity index (χ0v) is 12.5. The van der Waals surface area contributed by atoms with E-state index in [1.807, 2.05) is 19.3 Å². The lowest BCUT2D eigenvalue weighted by molar-refractivity contribution is 0.766. The average molecular weight is 315 g/mol. The Balaban J connectivity index is 1.88. The highest BCUT2D eigenvalue weighted by Gasteiger charge is 2.02. The van der Waals surface area contributed by atoms with Gasteiger partial charge >= 0.3 is 0 Å².